The van der Waals surface area contributed by atoms with E-state index >= 15 is 0 Å². The molecule has 162 valence electrons. The summed E-state index contributed by atoms with van der Waals surface area (Å²) in [5.41, 5.74) is 1.15. The maximum absolute atomic E-state index is 12.8. The number of para-hydroxylation sites is 1. The molecular weight excluding hydrogens is 394 g/mol. The summed E-state index contributed by atoms with van der Waals surface area (Å²) < 4.78 is 1.63. The van der Waals surface area contributed by atoms with Crippen LogP contribution in [0.1, 0.15) is 42.4 Å². The number of nitrogens with one attached hydrogen (secondary N) is 1. The van der Waals surface area contributed by atoms with Gasteiger partial charge < -0.3 is 9.88 Å². The summed E-state index contributed by atoms with van der Waals surface area (Å²) in [6.07, 6.45) is 5.61. The number of carbonyl (C=O) groups excluding carboxylic acids is 2. The van der Waals surface area contributed by atoms with E-state index in [0.717, 1.165) is 0 Å². The van der Waals surface area contributed by atoms with Crippen molar-refractivity contribution in [2.75, 3.05) is 13.1 Å². The lowest BCUT2D eigenvalue weighted by Crippen LogP contribution is -2.40. The number of Topliss-reactive ketones (excluding diaryl/α,β-unsaturated/α-hetero) is 1. The van der Waals surface area contributed by atoms with Crippen molar-refractivity contribution >= 4 is 22.6 Å². The minimum absolute atomic E-state index is 0.0477. The quantitative estimate of drug-likeness (QED) is 0.616. The van der Waals surface area contributed by atoms with Gasteiger partial charge in [0, 0.05) is 45.1 Å². The SMILES string of the molecule is CC(CC(=O)N1CCC(C(=O)c2cnn(C)c2)CC1)Cc1nc2ccccc2c(=O)[nH]1. The van der Waals surface area contributed by atoms with Crippen LogP contribution in [0.25, 0.3) is 10.9 Å². The molecule has 1 unspecified atom stereocenters. The molecule has 0 spiro atoms. The second kappa shape index (κ2) is 8.83. The maximum Gasteiger partial charge on any atom is 0.258 e. The Labute approximate surface area is 180 Å². The molecule has 0 saturated carbocycles. The Morgan fingerprint density at radius 2 is 1.97 bits per heavy atom. The molecule has 1 N–H and O–H groups in total. The first-order chi connectivity index (χ1) is 14.9. The summed E-state index contributed by atoms with van der Waals surface area (Å²) >= 11 is 0. The topological polar surface area (TPSA) is 101 Å². The van der Waals surface area contributed by atoms with E-state index in [1.807, 2.05) is 30.0 Å². The van der Waals surface area contributed by atoms with Gasteiger partial charge in [-0.3, -0.25) is 19.1 Å². The summed E-state index contributed by atoms with van der Waals surface area (Å²) in [5, 5.41) is 4.64. The zero-order valence-corrected chi connectivity index (χ0v) is 17.9. The molecule has 0 bridgehead atoms. The number of aromatic nitrogens is 4. The zero-order valence-electron chi connectivity index (χ0n) is 17.9. The number of H-pyrrole nitrogens is 1. The largest absolute Gasteiger partial charge is 0.343 e. The minimum atomic E-state index is -0.153. The van der Waals surface area contributed by atoms with Crippen LogP contribution in [0.4, 0.5) is 0 Å². The number of rotatable bonds is 6. The molecule has 1 aliphatic heterocycles. The molecule has 0 aliphatic carbocycles. The van der Waals surface area contributed by atoms with Crippen LogP contribution >= 0.6 is 0 Å². The average molecular weight is 422 g/mol. The van der Waals surface area contributed by atoms with Crippen molar-refractivity contribution in [2.24, 2.45) is 18.9 Å². The van der Waals surface area contributed by atoms with E-state index < -0.39 is 0 Å². The van der Waals surface area contributed by atoms with Crippen LogP contribution in [-0.4, -0.2) is 49.4 Å². The number of nitrogens with zero attached hydrogens (tertiary/aromatic N) is 4. The summed E-state index contributed by atoms with van der Waals surface area (Å²) in [7, 11) is 1.79. The molecule has 3 aromatic rings. The number of ketones is 1. The smallest absolute Gasteiger partial charge is 0.258 e. The van der Waals surface area contributed by atoms with Crippen LogP contribution in [0, 0.1) is 11.8 Å². The van der Waals surface area contributed by atoms with E-state index in [-0.39, 0.29) is 29.1 Å². The second-order valence-electron chi connectivity index (χ2n) is 8.47. The van der Waals surface area contributed by atoms with E-state index in [1.54, 1.807) is 30.2 Å². The van der Waals surface area contributed by atoms with E-state index in [9.17, 15) is 14.4 Å². The van der Waals surface area contributed by atoms with Gasteiger partial charge in [-0.15, -0.1) is 0 Å². The predicted molar refractivity (Wildman–Crippen MR) is 117 cm³/mol. The standard InChI is InChI=1S/C23H27N5O3/c1-15(11-20-25-19-6-4-3-5-18(19)23(31)26-20)12-21(29)28-9-7-16(8-10-28)22(30)17-13-24-27(2)14-17/h3-6,13-16H,7-12H2,1-2H3,(H,25,26,31). The molecule has 1 aromatic carbocycles. The third-order valence-electron chi connectivity index (χ3n) is 5.93. The van der Waals surface area contributed by atoms with Gasteiger partial charge in [0.2, 0.25) is 5.91 Å². The molecule has 1 aliphatic rings. The monoisotopic (exact) mass is 421 g/mol. The number of aryl methyl sites for hydroxylation is 1. The Morgan fingerprint density at radius 3 is 2.68 bits per heavy atom. The highest BCUT2D eigenvalue weighted by molar-refractivity contribution is 5.97. The molecule has 3 heterocycles. The van der Waals surface area contributed by atoms with Crippen LogP contribution < -0.4 is 5.56 Å². The van der Waals surface area contributed by atoms with Gasteiger partial charge >= 0.3 is 0 Å². The van der Waals surface area contributed by atoms with E-state index in [4.69, 9.17) is 0 Å². The molecule has 2 aromatic heterocycles. The number of aromatic amines is 1. The van der Waals surface area contributed by atoms with Crippen LogP contribution in [-0.2, 0) is 18.3 Å². The normalized spacial score (nSPS) is 15.9. The van der Waals surface area contributed by atoms with Crippen molar-refractivity contribution in [3.05, 3.63) is 58.4 Å². The number of piperidine rings is 1. The first-order valence-corrected chi connectivity index (χ1v) is 10.7. The summed E-state index contributed by atoms with van der Waals surface area (Å²) in [6.45, 7) is 3.17. The van der Waals surface area contributed by atoms with Crippen molar-refractivity contribution in [3.8, 4) is 0 Å². The number of carbonyl (C=O) groups is 2. The molecular formula is C23H27N5O3. The summed E-state index contributed by atoms with van der Waals surface area (Å²) in [5.74, 6) is 0.789. The molecule has 31 heavy (non-hydrogen) atoms. The molecule has 1 fully saturated rings. The van der Waals surface area contributed by atoms with Crippen LogP contribution in [0.5, 0.6) is 0 Å². The Hall–Kier alpha value is -3.29. The lowest BCUT2D eigenvalue weighted by molar-refractivity contribution is -0.133. The van der Waals surface area contributed by atoms with Crippen LogP contribution in [0.15, 0.2) is 41.5 Å². The summed E-state index contributed by atoms with van der Waals surface area (Å²) in [4.78, 5) is 46.8. The Morgan fingerprint density at radius 1 is 1.23 bits per heavy atom. The van der Waals surface area contributed by atoms with Gasteiger partial charge in [-0.2, -0.15) is 5.10 Å². The van der Waals surface area contributed by atoms with Crippen molar-refractivity contribution in [1.29, 1.82) is 0 Å². The average Bonchev–Trinajstić information content (AvgIpc) is 3.19. The van der Waals surface area contributed by atoms with Crippen molar-refractivity contribution in [2.45, 2.75) is 32.6 Å². The molecule has 1 amide bonds. The first kappa shape index (κ1) is 21.0. The zero-order chi connectivity index (χ0) is 22.0. The van der Waals surface area contributed by atoms with E-state index in [0.29, 0.717) is 61.1 Å². The Bertz CT molecular complexity index is 1160. The number of hydrogen-bond donors (Lipinski definition) is 1. The highest BCUT2D eigenvalue weighted by atomic mass is 16.2. The molecule has 8 heteroatoms. The van der Waals surface area contributed by atoms with Crippen LogP contribution in [0.3, 0.4) is 0 Å². The third-order valence-corrected chi connectivity index (χ3v) is 5.93. The number of likely N-dealkylation sites (tertiary alicyclic amines) is 1. The van der Waals surface area contributed by atoms with Gasteiger partial charge in [0.1, 0.15) is 5.82 Å². The number of hydrogen-bond acceptors (Lipinski definition) is 5. The number of benzene rings is 1. The molecule has 1 saturated heterocycles. The lowest BCUT2D eigenvalue weighted by atomic mass is 9.89. The molecule has 4 rings (SSSR count). The van der Waals surface area contributed by atoms with Crippen molar-refractivity contribution in [3.63, 3.8) is 0 Å². The minimum Gasteiger partial charge on any atom is -0.343 e. The Kier molecular flexibility index (Phi) is 5.97. The van der Waals surface area contributed by atoms with E-state index in [1.165, 1.54) is 0 Å². The first-order valence-electron chi connectivity index (χ1n) is 10.7. The third kappa shape index (κ3) is 4.73. The Balaban J connectivity index is 1.31. The molecule has 1 atom stereocenters. The van der Waals surface area contributed by atoms with Crippen LogP contribution in [0.2, 0.25) is 0 Å². The highest BCUT2D eigenvalue weighted by Gasteiger charge is 2.29. The fourth-order valence-corrected chi connectivity index (χ4v) is 4.24. The molecule has 0 radical (unpaired) electrons. The van der Waals surface area contributed by atoms with Gasteiger partial charge in [0.25, 0.3) is 5.56 Å². The fourth-order valence-electron chi connectivity index (χ4n) is 4.24. The predicted octanol–water partition coefficient (Wildman–Crippen LogP) is 2.35. The van der Waals surface area contributed by atoms with Crippen molar-refractivity contribution in [1.82, 2.24) is 24.6 Å². The van der Waals surface area contributed by atoms with Gasteiger partial charge in [0.15, 0.2) is 5.78 Å². The molecule has 8 nitrogen and oxygen atoms in total. The highest BCUT2D eigenvalue weighted by Crippen LogP contribution is 2.23. The lowest BCUT2D eigenvalue weighted by Gasteiger charge is -2.32. The van der Waals surface area contributed by atoms with Crippen molar-refractivity contribution < 1.29 is 9.59 Å². The van der Waals surface area contributed by atoms with Gasteiger partial charge in [-0.1, -0.05) is 19.1 Å². The number of fused-ring (bicyclic) bond motifs is 1. The van der Waals surface area contributed by atoms with E-state index in [2.05, 4.69) is 15.1 Å². The van der Waals surface area contributed by atoms with Gasteiger partial charge in [-0.05, 0) is 30.9 Å². The van der Waals surface area contributed by atoms with Gasteiger partial charge in [-0.25, -0.2) is 4.98 Å². The second-order valence-corrected chi connectivity index (χ2v) is 8.47. The maximum atomic E-state index is 12.8. The number of amides is 1. The van der Waals surface area contributed by atoms with Gasteiger partial charge in [0.05, 0.1) is 22.7 Å². The fraction of sp³-hybridized carbons (Fsp3) is 0.435. The summed E-state index contributed by atoms with van der Waals surface area (Å²) in [6, 6.07) is 7.24.